The molecule has 0 radical (unpaired) electrons. The predicted molar refractivity (Wildman–Crippen MR) is 142 cm³/mol. The van der Waals surface area contributed by atoms with Gasteiger partial charge < -0.3 is 29.0 Å². The molecule has 198 valence electrons. The van der Waals surface area contributed by atoms with Crippen LogP contribution in [0.3, 0.4) is 0 Å². The Kier molecular flexibility index (Phi) is 22.7. The first-order valence-electron chi connectivity index (χ1n) is 11.7. The zero-order valence-electron chi connectivity index (χ0n) is 21.3. The minimum absolute atomic E-state index is 0.0257. The van der Waals surface area contributed by atoms with E-state index in [0.29, 0.717) is 39.6 Å². The Labute approximate surface area is 213 Å². The van der Waals surface area contributed by atoms with Crippen LogP contribution in [0.2, 0.25) is 0 Å². The van der Waals surface area contributed by atoms with E-state index in [1.807, 2.05) is 20.1 Å². The lowest BCUT2D eigenvalue weighted by Crippen LogP contribution is -2.29. The second kappa shape index (κ2) is 22.6. The molecule has 0 aromatic rings. The number of carbonyl (C=O) groups excluding carboxylic acids is 1. The molecule has 0 bridgehead atoms. The Bertz CT molecular complexity index is 462. The molecular formula is C22H46N2O6S3. The summed E-state index contributed by atoms with van der Waals surface area (Å²) in [7, 11) is 3.48. The van der Waals surface area contributed by atoms with Gasteiger partial charge in [0.2, 0.25) is 0 Å². The molecule has 0 heterocycles. The topological polar surface area (TPSA) is 87.3 Å². The number of hydrogen-bond acceptors (Lipinski definition) is 10. The second-order valence-electron chi connectivity index (χ2n) is 8.14. The average molecular weight is 531 g/mol. The van der Waals surface area contributed by atoms with E-state index in [2.05, 4.69) is 30.8 Å². The van der Waals surface area contributed by atoms with Crippen LogP contribution in [-0.2, 0) is 23.7 Å². The molecule has 0 spiro atoms. The molecule has 0 saturated heterocycles. The molecule has 0 aromatic carbocycles. The Balaban J connectivity index is 3.60. The zero-order chi connectivity index (χ0) is 24.8. The standard InChI is InChI=1S/C22H46N2O6S3/c1-19(2)28-12-7-8-13-29-20(3)32-33-22(4,5)9-14-30-21(25)23-10-15-26-17-18-27-16-11-24-31-6/h19-20,24H,7-18H2,1-6H3,(H,23,25). The molecule has 8 nitrogen and oxygen atoms in total. The molecular weight excluding hydrogens is 484 g/mol. The summed E-state index contributed by atoms with van der Waals surface area (Å²) < 4.78 is 30.6. The third-order valence-corrected chi connectivity index (χ3v) is 8.18. The van der Waals surface area contributed by atoms with Crippen LogP contribution in [0.4, 0.5) is 4.79 Å². The highest BCUT2D eigenvalue weighted by molar-refractivity contribution is 8.77. The number of ether oxygens (including phenoxy) is 5. The monoisotopic (exact) mass is 530 g/mol. The van der Waals surface area contributed by atoms with Crippen LogP contribution in [0.15, 0.2) is 0 Å². The van der Waals surface area contributed by atoms with Gasteiger partial charge in [-0.3, -0.25) is 4.72 Å². The molecule has 33 heavy (non-hydrogen) atoms. The van der Waals surface area contributed by atoms with Crippen molar-refractivity contribution in [2.24, 2.45) is 0 Å². The van der Waals surface area contributed by atoms with Crippen molar-refractivity contribution in [3.63, 3.8) is 0 Å². The van der Waals surface area contributed by atoms with Crippen LogP contribution >= 0.6 is 33.5 Å². The summed E-state index contributed by atoms with van der Waals surface area (Å²) in [5.41, 5.74) is 0.113. The summed E-state index contributed by atoms with van der Waals surface area (Å²) in [5.74, 6) is 0. The van der Waals surface area contributed by atoms with Gasteiger partial charge in [0.05, 0.1) is 39.1 Å². The van der Waals surface area contributed by atoms with Gasteiger partial charge in [0.25, 0.3) is 0 Å². The first-order chi connectivity index (χ1) is 15.8. The number of hydrogen-bond donors (Lipinski definition) is 2. The molecule has 1 unspecified atom stereocenters. The number of carbonyl (C=O) groups is 1. The van der Waals surface area contributed by atoms with E-state index in [1.165, 1.54) is 0 Å². The summed E-state index contributed by atoms with van der Waals surface area (Å²) in [6, 6.07) is 0. The van der Waals surface area contributed by atoms with E-state index >= 15 is 0 Å². The second-order valence-corrected chi connectivity index (χ2v) is 12.0. The van der Waals surface area contributed by atoms with Crippen LogP contribution in [0, 0.1) is 0 Å². The SMILES string of the molecule is CSNCCOCCOCCNC(=O)OCCC(C)(C)SSC(C)OCCCCOC(C)C. The van der Waals surface area contributed by atoms with Crippen LogP contribution in [0.5, 0.6) is 0 Å². The lowest BCUT2D eigenvalue weighted by atomic mass is 10.1. The molecule has 0 saturated carbocycles. The number of amides is 1. The van der Waals surface area contributed by atoms with Gasteiger partial charge >= 0.3 is 6.09 Å². The van der Waals surface area contributed by atoms with E-state index in [0.717, 1.165) is 39.0 Å². The Morgan fingerprint density at radius 1 is 0.879 bits per heavy atom. The van der Waals surface area contributed by atoms with Gasteiger partial charge in [-0.15, -0.1) is 0 Å². The molecule has 2 N–H and O–H groups in total. The largest absolute Gasteiger partial charge is 0.450 e. The van der Waals surface area contributed by atoms with Gasteiger partial charge in [0.1, 0.15) is 5.44 Å². The molecule has 0 aliphatic rings. The number of alkyl carbamates (subject to hydrolysis) is 1. The van der Waals surface area contributed by atoms with Crippen molar-refractivity contribution in [1.29, 1.82) is 0 Å². The van der Waals surface area contributed by atoms with Crippen LogP contribution < -0.4 is 10.0 Å². The van der Waals surface area contributed by atoms with Gasteiger partial charge in [-0.25, -0.2) is 4.79 Å². The van der Waals surface area contributed by atoms with Crippen molar-refractivity contribution < 1.29 is 28.5 Å². The number of nitrogens with one attached hydrogen (secondary N) is 2. The minimum atomic E-state index is -0.412. The summed E-state index contributed by atoms with van der Waals surface area (Å²) >= 11 is 1.57. The van der Waals surface area contributed by atoms with Crippen molar-refractivity contribution >= 4 is 39.6 Å². The molecule has 1 atom stereocenters. The van der Waals surface area contributed by atoms with Crippen LogP contribution in [-0.4, -0.2) is 88.0 Å². The van der Waals surface area contributed by atoms with E-state index in [-0.39, 0.29) is 16.3 Å². The maximum absolute atomic E-state index is 11.8. The zero-order valence-corrected chi connectivity index (χ0v) is 23.8. The van der Waals surface area contributed by atoms with Crippen molar-refractivity contribution in [3.8, 4) is 0 Å². The van der Waals surface area contributed by atoms with Crippen molar-refractivity contribution in [2.75, 3.05) is 65.6 Å². The highest BCUT2D eigenvalue weighted by atomic mass is 33.1. The fourth-order valence-electron chi connectivity index (χ4n) is 2.24. The Hall–Kier alpha value is 0.120. The molecule has 0 aliphatic carbocycles. The van der Waals surface area contributed by atoms with Crippen molar-refractivity contribution in [3.05, 3.63) is 0 Å². The third-order valence-electron chi connectivity index (χ3n) is 4.07. The lowest BCUT2D eigenvalue weighted by Gasteiger charge is -2.24. The van der Waals surface area contributed by atoms with E-state index in [4.69, 9.17) is 23.7 Å². The predicted octanol–water partition coefficient (Wildman–Crippen LogP) is 4.73. The Morgan fingerprint density at radius 3 is 2.15 bits per heavy atom. The highest BCUT2D eigenvalue weighted by Gasteiger charge is 2.21. The Morgan fingerprint density at radius 2 is 1.52 bits per heavy atom. The molecule has 11 heteroatoms. The molecule has 0 aromatic heterocycles. The summed E-state index contributed by atoms with van der Waals surface area (Å²) in [6.45, 7) is 15.7. The van der Waals surface area contributed by atoms with Crippen LogP contribution in [0.1, 0.15) is 53.9 Å². The molecule has 0 rings (SSSR count). The molecule has 0 aliphatic heterocycles. The average Bonchev–Trinajstić information content (AvgIpc) is 2.75. The minimum Gasteiger partial charge on any atom is -0.450 e. The first-order valence-corrected chi connectivity index (χ1v) is 15.1. The third kappa shape index (κ3) is 25.0. The summed E-state index contributed by atoms with van der Waals surface area (Å²) in [4.78, 5) is 11.8. The quantitative estimate of drug-likeness (QED) is 0.0836. The van der Waals surface area contributed by atoms with E-state index < -0.39 is 6.09 Å². The van der Waals surface area contributed by atoms with Gasteiger partial charge in [0, 0.05) is 31.1 Å². The normalized spacial score (nSPS) is 12.8. The first kappa shape index (κ1) is 33.1. The maximum Gasteiger partial charge on any atom is 0.407 e. The molecule has 1 amide bonds. The fourth-order valence-corrected chi connectivity index (χ4v) is 4.85. The van der Waals surface area contributed by atoms with Crippen LogP contribution in [0.25, 0.3) is 0 Å². The molecule has 0 fully saturated rings. The van der Waals surface area contributed by atoms with E-state index in [1.54, 1.807) is 33.5 Å². The summed E-state index contributed by atoms with van der Waals surface area (Å²) in [6.07, 6.45) is 4.64. The lowest BCUT2D eigenvalue weighted by molar-refractivity contribution is 0.0506. The van der Waals surface area contributed by atoms with Gasteiger partial charge in [-0.05, 0) is 60.1 Å². The fraction of sp³-hybridized carbons (Fsp3) is 0.955. The maximum atomic E-state index is 11.8. The summed E-state index contributed by atoms with van der Waals surface area (Å²) in [5, 5.41) is 2.70. The number of rotatable bonds is 23. The van der Waals surface area contributed by atoms with Crippen molar-refractivity contribution in [2.45, 2.75) is 70.2 Å². The van der Waals surface area contributed by atoms with Crippen molar-refractivity contribution in [1.82, 2.24) is 10.0 Å². The number of unbranched alkanes of at least 4 members (excludes halogenated alkanes) is 1. The van der Waals surface area contributed by atoms with Gasteiger partial charge in [-0.2, -0.15) is 0 Å². The smallest absolute Gasteiger partial charge is 0.407 e. The highest BCUT2D eigenvalue weighted by Crippen LogP contribution is 2.40. The van der Waals surface area contributed by atoms with Gasteiger partial charge in [0.15, 0.2) is 0 Å². The van der Waals surface area contributed by atoms with Gasteiger partial charge in [-0.1, -0.05) is 33.5 Å². The van der Waals surface area contributed by atoms with E-state index in [9.17, 15) is 4.79 Å².